The summed E-state index contributed by atoms with van der Waals surface area (Å²) >= 11 is 6.28. The molecule has 1 atom stereocenters. The molecule has 108 valence electrons. The smallest absolute Gasteiger partial charge is 0.246 e. The number of rotatable bonds is 3. The molecule has 3 rings (SSSR count). The van der Waals surface area contributed by atoms with E-state index in [0.29, 0.717) is 16.5 Å². The number of likely N-dealkylation sites (N-methyl/N-ethyl adjacent to an activating group) is 1. The van der Waals surface area contributed by atoms with E-state index in [-0.39, 0.29) is 11.9 Å². The molecule has 0 saturated carbocycles. The molecule has 4 nitrogen and oxygen atoms in total. The van der Waals surface area contributed by atoms with Crippen LogP contribution >= 0.6 is 11.6 Å². The number of fused-ring (bicyclic) bond motifs is 1. The van der Waals surface area contributed by atoms with Crippen LogP contribution in [0.25, 0.3) is 0 Å². The second-order valence-corrected chi connectivity index (χ2v) is 5.41. The van der Waals surface area contributed by atoms with E-state index in [1.807, 2.05) is 31.2 Å². The van der Waals surface area contributed by atoms with Crippen LogP contribution in [0.1, 0.15) is 17.2 Å². The van der Waals surface area contributed by atoms with E-state index >= 15 is 0 Å². The molecular formula is C16H15ClN2O2. The van der Waals surface area contributed by atoms with Crippen molar-refractivity contribution in [3.8, 4) is 11.5 Å². The highest BCUT2D eigenvalue weighted by atomic mass is 35.5. The molecule has 0 bridgehead atoms. The maximum atomic E-state index is 11.8. The Morgan fingerprint density at radius 3 is 2.81 bits per heavy atom. The molecule has 2 aromatic carbocycles. The van der Waals surface area contributed by atoms with E-state index in [0.717, 1.165) is 16.8 Å². The lowest BCUT2D eigenvalue weighted by atomic mass is 10.1. The summed E-state index contributed by atoms with van der Waals surface area (Å²) in [6, 6.07) is 10.9. The summed E-state index contributed by atoms with van der Waals surface area (Å²) in [6.07, 6.45) is 0. The molecular weight excluding hydrogens is 288 g/mol. The fourth-order valence-corrected chi connectivity index (χ4v) is 2.64. The van der Waals surface area contributed by atoms with Crippen LogP contribution in [0, 0.1) is 6.92 Å². The summed E-state index contributed by atoms with van der Waals surface area (Å²) < 4.78 is 5.82. The normalized spacial score (nSPS) is 16.5. The predicted molar refractivity (Wildman–Crippen MR) is 83.1 cm³/mol. The lowest BCUT2D eigenvalue weighted by molar-refractivity contribution is -0.117. The van der Waals surface area contributed by atoms with Crippen molar-refractivity contribution >= 4 is 23.2 Å². The Morgan fingerprint density at radius 1 is 1.29 bits per heavy atom. The second-order valence-electron chi connectivity index (χ2n) is 5.00. The third kappa shape index (κ3) is 2.60. The zero-order chi connectivity index (χ0) is 15.0. The molecule has 0 aromatic heterocycles. The SMILES string of the molecule is CNC1C(=O)Nc2cc(Oc3cccc(C)c3)c(Cl)cc21. The van der Waals surface area contributed by atoms with Gasteiger partial charge in [-0.25, -0.2) is 0 Å². The molecule has 1 aliphatic rings. The predicted octanol–water partition coefficient (Wildman–Crippen LogP) is 3.65. The average molecular weight is 303 g/mol. The lowest BCUT2D eigenvalue weighted by Gasteiger charge is -2.11. The Morgan fingerprint density at radius 2 is 2.10 bits per heavy atom. The van der Waals surface area contributed by atoms with Crippen LogP contribution in [-0.2, 0) is 4.79 Å². The van der Waals surface area contributed by atoms with Crippen molar-refractivity contribution in [3.63, 3.8) is 0 Å². The summed E-state index contributed by atoms with van der Waals surface area (Å²) in [4.78, 5) is 11.8. The number of carbonyl (C=O) groups excluding carboxylic acids is 1. The average Bonchev–Trinajstić information content (AvgIpc) is 2.74. The van der Waals surface area contributed by atoms with Gasteiger partial charge in [0.25, 0.3) is 0 Å². The molecule has 0 saturated heterocycles. The van der Waals surface area contributed by atoms with Crippen molar-refractivity contribution in [3.05, 3.63) is 52.5 Å². The maximum Gasteiger partial charge on any atom is 0.246 e. The van der Waals surface area contributed by atoms with Crippen molar-refractivity contribution in [2.75, 3.05) is 12.4 Å². The van der Waals surface area contributed by atoms with Gasteiger partial charge in [0.15, 0.2) is 0 Å². The Balaban J connectivity index is 1.95. The number of halogens is 1. The largest absolute Gasteiger partial charge is 0.456 e. The molecule has 0 aliphatic carbocycles. The molecule has 2 N–H and O–H groups in total. The third-order valence-electron chi connectivity index (χ3n) is 3.44. The minimum atomic E-state index is -0.370. The maximum absolute atomic E-state index is 11.8. The van der Waals surface area contributed by atoms with Crippen molar-refractivity contribution in [2.45, 2.75) is 13.0 Å². The highest BCUT2D eigenvalue weighted by Crippen LogP contribution is 2.40. The highest BCUT2D eigenvalue weighted by Gasteiger charge is 2.30. The van der Waals surface area contributed by atoms with Gasteiger partial charge >= 0.3 is 0 Å². The monoisotopic (exact) mass is 302 g/mol. The van der Waals surface area contributed by atoms with Crippen LogP contribution in [0.3, 0.4) is 0 Å². The first-order valence-electron chi connectivity index (χ1n) is 6.64. The molecule has 0 radical (unpaired) electrons. The van der Waals surface area contributed by atoms with Gasteiger partial charge in [-0.3, -0.25) is 4.79 Å². The molecule has 1 amide bonds. The zero-order valence-corrected chi connectivity index (χ0v) is 12.5. The van der Waals surface area contributed by atoms with Crippen LogP contribution in [0.15, 0.2) is 36.4 Å². The Labute approximate surface area is 128 Å². The molecule has 21 heavy (non-hydrogen) atoms. The standard InChI is InChI=1S/C16H15ClN2O2/c1-9-4-3-5-10(6-9)21-14-8-13-11(7-12(14)17)15(18-2)16(20)19-13/h3-8,15,18H,1-2H3,(H,19,20). The van der Waals surface area contributed by atoms with Crippen LogP contribution < -0.4 is 15.4 Å². The fraction of sp³-hybridized carbons (Fsp3) is 0.188. The topological polar surface area (TPSA) is 50.4 Å². The first-order valence-corrected chi connectivity index (χ1v) is 7.02. The van der Waals surface area contributed by atoms with Gasteiger partial charge in [0.1, 0.15) is 17.5 Å². The summed E-state index contributed by atoms with van der Waals surface area (Å²) in [5.74, 6) is 1.15. The van der Waals surface area contributed by atoms with Crippen molar-refractivity contribution in [2.24, 2.45) is 0 Å². The third-order valence-corrected chi connectivity index (χ3v) is 3.74. The van der Waals surface area contributed by atoms with Gasteiger partial charge in [-0.2, -0.15) is 0 Å². The number of nitrogens with one attached hydrogen (secondary N) is 2. The Hall–Kier alpha value is -2.04. The van der Waals surface area contributed by atoms with E-state index in [1.165, 1.54) is 0 Å². The van der Waals surface area contributed by atoms with Gasteiger partial charge in [0, 0.05) is 17.3 Å². The quantitative estimate of drug-likeness (QED) is 0.910. The highest BCUT2D eigenvalue weighted by molar-refractivity contribution is 6.32. The fourth-order valence-electron chi connectivity index (χ4n) is 2.43. The van der Waals surface area contributed by atoms with E-state index in [2.05, 4.69) is 10.6 Å². The summed E-state index contributed by atoms with van der Waals surface area (Å²) in [6.45, 7) is 1.99. The second kappa shape index (κ2) is 5.39. The molecule has 0 spiro atoms. The molecule has 2 aromatic rings. The summed E-state index contributed by atoms with van der Waals surface area (Å²) in [5, 5.41) is 6.26. The van der Waals surface area contributed by atoms with Crippen LogP contribution in [-0.4, -0.2) is 13.0 Å². The molecule has 0 fully saturated rings. The van der Waals surface area contributed by atoms with Crippen molar-refractivity contribution < 1.29 is 9.53 Å². The molecule has 5 heteroatoms. The van der Waals surface area contributed by atoms with Gasteiger partial charge in [-0.05, 0) is 37.7 Å². The number of anilines is 1. The van der Waals surface area contributed by atoms with E-state index in [9.17, 15) is 4.79 Å². The van der Waals surface area contributed by atoms with E-state index in [4.69, 9.17) is 16.3 Å². The van der Waals surface area contributed by atoms with Gasteiger partial charge in [0.2, 0.25) is 5.91 Å². The summed E-state index contributed by atoms with van der Waals surface area (Å²) in [5.41, 5.74) is 2.67. The minimum Gasteiger partial charge on any atom is -0.456 e. The van der Waals surface area contributed by atoms with Crippen LogP contribution in [0.5, 0.6) is 11.5 Å². The van der Waals surface area contributed by atoms with Crippen molar-refractivity contribution in [1.82, 2.24) is 5.32 Å². The van der Waals surface area contributed by atoms with E-state index < -0.39 is 0 Å². The molecule has 1 unspecified atom stereocenters. The Kier molecular flexibility index (Phi) is 3.57. The van der Waals surface area contributed by atoms with Crippen LogP contribution in [0.4, 0.5) is 5.69 Å². The lowest BCUT2D eigenvalue weighted by Crippen LogP contribution is -2.23. The molecule has 1 heterocycles. The number of aryl methyl sites for hydroxylation is 1. The number of amides is 1. The van der Waals surface area contributed by atoms with Gasteiger partial charge < -0.3 is 15.4 Å². The number of hydrogen-bond donors (Lipinski definition) is 2. The number of carbonyl (C=O) groups is 1. The van der Waals surface area contributed by atoms with Gasteiger partial charge in [0.05, 0.1) is 5.02 Å². The number of ether oxygens (including phenoxy) is 1. The Bertz CT molecular complexity index is 715. The van der Waals surface area contributed by atoms with Crippen molar-refractivity contribution in [1.29, 1.82) is 0 Å². The van der Waals surface area contributed by atoms with Gasteiger partial charge in [-0.1, -0.05) is 23.7 Å². The van der Waals surface area contributed by atoms with Crippen LogP contribution in [0.2, 0.25) is 5.02 Å². The number of hydrogen-bond acceptors (Lipinski definition) is 3. The minimum absolute atomic E-state index is 0.0868. The van der Waals surface area contributed by atoms with Gasteiger partial charge in [-0.15, -0.1) is 0 Å². The molecule has 1 aliphatic heterocycles. The first kappa shape index (κ1) is 13.9. The first-order chi connectivity index (χ1) is 10.1. The summed E-state index contributed by atoms with van der Waals surface area (Å²) in [7, 11) is 1.74. The zero-order valence-electron chi connectivity index (χ0n) is 11.7. The number of benzene rings is 2. The van der Waals surface area contributed by atoms with E-state index in [1.54, 1.807) is 19.2 Å².